The minimum Gasteiger partial charge on any atom is -0.490 e. The van der Waals surface area contributed by atoms with Gasteiger partial charge in [-0.15, -0.1) is 0 Å². The Labute approximate surface area is 154 Å². The van der Waals surface area contributed by atoms with Crippen molar-refractivity contribution in [3.05, 3.63) is 59.4 Å². The summed E-state index contributed by atoms with van der Waals surface area (Å²) in [6, 6.07) is 13.0. The van der Waals surface area contributed by atoms with Crippen LogP contribution in [0.25, 0.3) is 0 Å². The first-order chi connectivity index (χ1) is 12.5. The molecule has 5 heteroatoms. The predicted molar refractivity (Wildman–Crippen MR) is 102 cm³/mol. The van der Waals surface area contributed by atoms with Crippen LogP contribution in [0.4, 0.5) is 10.1 Å². The smallest absolute Gasteiger partial charge is 0.146 e. The van der Waals surface area contributed by atoms with E-state index >= 15 is 0 Å². The van der Waals surface area contributed by atoms with Crippen LogP contribution in [0.5, 0.6) is 5.75 Å². The lowest BCUT2D eigenvalue weighted by Gasteiger charge is -2.34. The second-order valence-corrected chi connectivity index (χ2v) is 7.13. The fourth-order valence-corrected chi connectivity index (χ4v) is 3.42. The van der Waals surface area contributed by atoms with Gasteiger partial charge >= 0.3 is 0 Å². The van der Waals surface area contributed by atoms with Crippen molar-refractivity contribution in [2.75, 3.05) is 44.2 Å². The van der Waals surface area contributed by atoms with Gasteiger partial charge in [0, 0.05) is 0 Å². The number of aryl methyl sites for hydroxylation is 2. The first-order valence-corrected chi connectivity index (χ1v) is 9.24. The van der Waals surface area contributed by atoms with Crippen LogP contribution in [0, 0.1) is 19.7 Å². The van der Waals surface area contributed by atoms with E-state index in [9.17, 15) is 9.50 Å². The van der Waals surface area contributed by atoms with Crippen LogP contribution in [-0.2, 0) is 0 Å². The number of hydrogen-bond acceptors (Lipinski definition) is 3. The second-order valence-electron chi connectivity index (χ2n) is 7.13. The molecule has 2 N–H and O–H groups in total. The monoisotopic (exact) mass is 359 g/mol. The van der Waals surface area contributed by atoms with Crippen molar-refractivity contribution in [1.82, 2.24) is 0 Å². The highest BCUT2D eigenvalue weighted by atomic mass is 19.1. The number of para-hydroxylation sites is 1. The average Bonchev–Trinajstić information content (AvgIpc) is 2.64. The van der Waals surface area contributed by atoms with E-state index < -0.39 is 6.10 Å². The molecule has 0 aromatic heterocycles. The number of nitrogens with one attached hydrogen (secondary N) is 1. The molecule has 26 heavy (non-hydrogen) atoms. The van der Waals surface area contributed by atoms with Gasteiger partial charge in [-0.2, -0.15) is 0 Å². The van der Waals surface area contributed by atoms with Crippen LogP contribution in [0.3, 0.4) is 0 Å². The number of aliphatic hydroxyl groups excluding tert-OH is 1. The molecule has 0 saturated carbocycles. The third-order valence-electron chi connectivity index (χ3n) is 4.96. The summed E-state index contributed by atoms with van der Waals surface area (Å²) in [4.78, 5) is 3.41. The van der Waals surface area contributed by atoms with E-state index in [0.717, 1.165) is 43.1 Å². The van der Waals surface area contributed by atoms with Crippen LogP contribution >= 0.6 is 0 Å². The number of ether oxygens (including phenoxy) is 1. The van der Waals surface area contributed by atoms with Gasteiger partial charge in [0.25, 0.3) is 0 Å². The Bertz CT molecular complexity index is 730. The van der Waals surface area contributed by atoms with Crippen LogP contribution in [0.1, 0.15) is 11.1 Å². The van der Waals surface area contributed by atoms with Gasteiger partial charge < -0.3 is 19.6 Å². The Balaban J connectivity index is 1.45. The molecule has 0 radical (unpaired) electrons. The molecule has 0 aliphatic carbocycles. The summed E-state index contributed by atoms with van der Waals surface area (Å²) in [7, 11) is 0. The summed E-state index contributed by atoms with van der Waals surface area (Å²) in [5, 5.41) is 10.3. The molecule has 1 aliphatic rings. The lowest BCUT2D eigenvalue weighted by atomic mass is 10.1. The van der Waals surface area contributed by atoms with E-state index in [0.29, 0.717) is 18.8 Å². The van der Waals surface area contributed by atoms with Crippen molar-refractivity contribution in [1.29, 1.82) is 0 Å². The normalized spacial score (nSPS) is 16.5. The van der Waals surface area contributed by atoms with E-state index in [1.165, 1.54) is 11.0 Å². The summed E-state index contributed by atoms with van der Waals surface area (Å²) >= 11 is 0. The zero-order valence-corrected chi connectivity index (χ0v) is 15.5. The molecule has 0 spiro atoms. The van der Waals surface area contributed by atoms with E-state index in [-0.39, 0.29) is 5.82 Å². The van der Waals surface area contributed by atoms with Gasteiger partial charge in [0.1, 0.15) is 30.8 Å². The molecule has 3 rings (SSSR count). The maximum atomic E-state index is 13.9. The summed E-state index contributed by atoms with van der Waals surface area (Å²) in [6.45, 7) is 8.34. The van der Waals surface area contributed by atoms with Gasteiger partial charge in [-0.3, -0.25) is 0 Å². The Kier molecular flexibility index (Phi) is 6.12. The summed E-state index contributed by atoms with van der Waals surface area (Å²) in [5.41, 5.74) is 2.90. The molecule has 2 aromatic rings. The molecular formula is C21H28FN2O2+. The number of hydrogen-bond donors (Lipinski definition) is 2. The van der Waals surface area contributed by atoms with Crippen molar-refractivity contribution in [2.24, 2.45) is 0 Å². The Morgan fingerprint density at radius 1 is 1.15 bits per heavy atom. The van der Waals surface area contributed by atoms with Gasteiger partial charge in [0.15, 0.2) is 0 Å². The molecule has 1 aliphatic heterocycles. The van der Waals surface area contributed by atoms with Crippen LogP contribution in [0.15, 0.2) is 42.5 Å². The van der Waals surface area contributed by atoms with Crippen molar-refractivity contribution in [3.8, 4) is 5.75 Å². The number of quaternary nitrogens is 1. The third kappa shape index (κ3) is 4.74. The molecule has 1 unspecified atom stereocenters. The first kappa shape index (κ1) is 18.7. The number of piperazine rings is 1. The van der Waals surface area contributed by atoms with Gasteiger partial charge in [-0.1, -0.05) is 24.3 Å². The topological polar surface area (TPSA) is 37.1 Å². The minimum absolute atomic E-state index is 0.169. The van der Waals surface area contributed by atoms with Crippen molar-refractivity contribution < 1.29 is 19.1 Å². The van der Waals surface area contributed by atoms with E-state index in [2.05, 4.69) is 11.0 Å². The van der Waals surface area contributed by atoms with Gasteiger partial charge in [0.05, 0.1) is 31.9 Å². The van der Waals surface area contributed by atoms with Gasteiger partial charge in [-0.25, -0.2) is 4.39 Å². The fourth-order valence-electron chi connectivity index (χ4n) is 3.42. The van der Waals surface area contributed by atoms with E-state index in [1.807, 2.05) is 38.1 Å². The number of nitrogens with zero attached hydrogens (tertiary/aromatic N) is 1. The lowest BCUT2D eigenvalue weighted by molar-refractivity contribution is -0.903. The standard InChI is InChI=1S/C21H27FN2O2/c1-16-7-8-17(2)21(13-16)26-15-18(25)14-23-9-11-24(12-10-23)20-6-4-3-5-19(20)22/h3-8,13,18,25H,9-12,14-15H2,1-2H3/p+1. The second kappa shape index (κ2) is 8.52. The highest BCUT2D eigenvalue weighted by Crippen LogP contribution is 2.19. The maximum absolute atomic E-state index is 13.9. The van der Waals surface area contributed by atoms with Crippen LogP contribution in [0.2, 0.25) is 0 Å². The molecule has 4 nitrogen and oxygen atoms in total. The maximum Gasteiger partial charge on any atom is 0.146 e. The molecule has 1 heterocycles. The molecule has 1 saturated heterocycles. The summed E-state index contributed by atoms with van der Waals surface area (Å²) in [5.74, 6) is 0.668. The van der Waals surface area contributed by atoms with Crippen molar-refractivity contribution >= 4 is 5.69 Å². The van der Waals surface area contributed by atoms with Crippen molar-refractivity contribution in [2.45, 2.75) is 20.0 Å². The van der Waals surface area contributed by atoms with Gasteiger partial charge in [0.2, 0.25) is 0 Å². The number of halogens is 1. The highest BCUT2D eigenvalue weighted by molar-refractivity contribution is 5.47. The van der Waals surface area contributed by atoms with Crippen LogP contribution < -0.4 is 14.5 Å². The molecule has 2 aromatic carbocycles. The summed E-state index contributed by atoms with van der Waals surface area (Å²) in [6.07, 6.45) is -0.509. The lowest BCUT2D eigenvalue weighted by Crippen LogP contribution is -3.16. The number of benzene rings is 2. The molecule has 140 valence electrons. The zero-order valence-electron chi connectivity index (χ0n) is 15.5. The SMILES string of the molecule is Cc1ccc(C)c(OCC(O)C[NH+]2CCN(c3ccccc3F)CC2)c1. The Morgan fingerprint density at radius 2 is 1.88 bits per heavy atom. The number of rotatable bonds is 6. The molecule has 0 amide bonds. The zero-order chi connectivity index (χ0) is 18.5. The quantitative estimate of drug-likeness (QED) is 0.823. The minimum atomic E-state index is -0.509. The fraction of sp³-hybridized carbons (Fsp3) is 0.429. The number of anilines is 1. The Morgan fingerprint density at radius 3 is 2.62 bits per heavy atom. The Hall–Kier alpha value is -2.11. The van der Waals surface area contributed by atoms with Crippen LogP contribution in [-0.4, -0.2) is 50.5 Å². The summed E-state index contributed by atoms with van der Waals surface area (Å²) < 4.78 is 19.7. The van der Waals surface area contributed by atoms with E-state index in [1.54, 1.807) is 6.07 Å². The van der Waals surface area contributed by atoms with Gasteiger partial charge in [-0.05, 0) is 43.2 Å². The average molecular weight is 359 g/mol. The molecule has 1 fully saturated rings. The molecular weight excluding hydrogens is 331 g/mol. The molecule has 1 atom stereocenters. The largest absolute Gasteiger partial charge is 0.490 e. The predicted octanol–water partition coefficient (Wildman–Crippen LogP) is 1.59. The molecule has 0 bridgehead atoms. The van der Waals surface area contributed by atoms with Crippen molar-refractivity contribution in [3.63, 3.8) is 0 Å². The van der Waals surface area contributed by atoms with E-state index in [4.69, 9.17) is 4.74 Å². The third-order valence-corrected chi connectivity index (χ3v) is 4.96. The highest BCUT2D eigenvalue weighted by Gasteiger charge is 2.24. The first-order valence-electron chi connectivity index (χ1n) is 9.24. The number of aliphatic hydroxyl groups is 1.